The summed E-state index contributed by atoms with van der Waals surface area (Å²) in [6.45, 7) is 7.28. The lowest BCUT2D eigenvalue weighted by Gasteiger charge is -2.25. The quantitative estimate of drug-likeness (QED) is 0.735. The molecule has 0 saturated heterocycles. The Balaban J connectivity index is 2.00. The predicted octanol–water partition coefficient (Wildman–Crippen LogP) is 4.11. The standard InChI is InChI=1S/C19H23NO/c1-3-14-21-19(18-12-8-5-9-13-18)16(2)20-15-17-10-6-4-7-11-17/h3-13,16,19-20H,1,14-15H2,2H3. The fourth-order valence-electron chi connectivity index (χ4n) is 2.33. The third kappa shape index (κ3) is 4.85. The van der Waals surface area contributed by atoms with Crippen LogP contribution in [0.1, 0.15) is 24.2 Å². The van der Waals surface area contributed by atoms with Crippen LogP contribution >= 0.6 is 0 Å². The fraction of sp³-hybridized carbons (Fsp3) is 0.263. The summed E-state index contributed by atoms with van der Waals surface area (Å²) in [5, 5.41) is 3.55. The Labute approximate surface area is 127 Å². The highest BCUT2D eigenvalue weighted by Gasteiger charge is 2.19. The zero-order chi connectivity index (χ0) is 14.9. The van der Waals surface area contributed by atoms with Gasteiger partial charge in [-0.25, -0.2) is 0 Å². The van der Waals surface area contributed by atoms with Gasteiger partial charge in [0.25, 0.3) is 0 Å². The van der Waals surface area contributed by atoms with E-state index in [1.807, 2.05) is 24.3 Å². The number of nitrogens with one attached hydrogen (secondary N) is 1. The lowest BCUT2D eigenvalue weighted by molar-refractivity contribution is 0.0477. The molecule has 2 rings (SSSR count). The molecular weight excluding hydrogens is 258 g/mol. The van der Waals surface area contributed by atoms with Gasteiger partial charge in [0.05, 0.1) is 12.7 Å². The van der Waals surface area contributed by atoms with E-state index in [1.54, 1.807) is 6.08 Å². The molecule has 2 atom stereocenters. The van der Waals surface area contributed by atoms with Crippen LogP contribution in [0.3, 0.4) is 0 Å². The summed E-state index contributed by atoms with van der Waals surface area (Å²) in [4.78, 5) is 0. The molecule has 2 unspecified atom stereocenters. The van der Waals surface area contributed by atoms with Crippen molar-refractivity contribution in [1.29, 1.82) is 0 Å². The van der Waals surface area contributed by atoms with E-state index >= 15 is 0 Å². The molecule has 0 fully saturated rings. The average Bonchev–Trinajstić information content (AvgIpc) is 2.55. The third-order valence-corrected chi connectivity index (χ3v) is 3.45. The minimum Gasteiger partial charge on any atom is -0.368 e. The van der Waals surface area contributed by atoms with Crippen LogP contribution in [0.25, 0.3) is 0 Å². The molecule has 0 bridgehead atoms. The van der Waals surface area contributed by atoms with E-state index in [0.717, 1.165) is 6.54 Å². The van der Waals surface area contributed by atoms with E-state index in [9.17, 15) is 0 Å². The van der Waals surface area contributed by atoms with Crippen LogP contribution in [-0.2, 0) is 11.3 Å². The van der Waals surface area contributed by atoms with Crippen molar-refractivity contribution >= 4 is 0 Å². The van der Waals surface area contributed by atoms with E-state index in [4.69, 9.17) is 4.74 Å². The minimum absolute atomic E-state index is 0.0212. The summed E-state index contributed by atoms with van der Waals surface area (Å²) in [6, 6.07) is 20.9. The Hall–Kier alpha value is -1.90. The first-order valence-electron chi connectivity index (χ1n) is 7.36. The molecule has 0 spiro atoms. The summed E-state index contributed by atoms with van der Waals surface area (Å²) in [7, 11) is 0. The molecule has 2 aromatic carbocycles. The van der Waals surface area contributed by atoms with Crippen LogP contribution in [-0.4, -0.2) is 12.6 Å². The lowest BCUT2D eigenvalue weighted by atomic mass is 10.0. The molecule has 2 nitrogen and oxygen atoms in total. The van der Waals surface area contributed by atoms with E-state index in [-0.39, 0.29) is 12.1 Å². The maximum absolute atomic E-state index is 5.95. The van der Waals surface area contributed by atoms with Gasteiger partial charge in [-0.3, -0.25) is 0 Å². The smallest absolute Gasteiger partial charge is 0.0979 e. The maximum Gasteiger partial charge on any atom is 0.0979 e. The average molecular weight is 281 g/mol. The molecule has 0 aliphatic heterocycles. The lowest BCUT2D eigenvalue weighted by Crippen LogP contribution is -2.33. The van der Waals surface area contributed by atoms with Gasteiger partial charge in [0, 0.05) is 12.6 Å². The predicted molar refractivity (Wildman–Crippen MR) is 88.1 cm³/mol. The van der Waals surface area contributed by atoms with Crippen molar-refractivity contribution in [1.82, 2.24) is 5.32 Å². The molecule has 1 N–H and O–H groups in total. The van der Waals surface area contributed by atoms with Gasteiger partial charge in [-0.2, -0.15) is 0 Å². The van der Waals surface area contributed by atoms with Crippen LogP contribution in [0.4, 0.5) is 0 Å². The van der Waals surface area contributed by atoms with Gasteiger partial charge < -0.3 is 10.1 Å². The Morgan fingerprint density at radius 3 is 2.29 bits per heavy atom. The van der Waals surface area contributed by atoms with E-state index in [0.29, 0.717) is 6.61 Å². The van der Waals surface area contributed by atoms with Crippen molar-refractivity contribution in [3.05, 3.63) is 84.4 Å². The highest BCUT2D eigenvalue weighted by atomic mass is 16.5. The van der Waals surface area contributed by atoms with Crippen molar-refractivity contribution in [2.45, 2.75) is 25.6 Å². The molecule has 0 aromatic heterocycles. The van der Waals surface area contributed by atoms with Gasteiger partial charge in [0.2, 0.25) is 0 Å². The van der Waals surface area contributed by atoms with Crippen LogP contribution in [0.2, 0.25) is 0 Å². The molecule has 0 radical (unpaired) electrons. The second-order valence-corrected chi connectivity index (χ2v) is 5.11. The molecule has 0 amide bonds. The Kier molecular flexibility index (Phi) is 6.20. The Morgan fingerprint density at radius 2 is 1.67 bits per heavy atom. The molecule has 0 aliphatic rings. The highest BCUT2D eigenvalue weighted by Crippen LogP contribution is 2.21. The SMILES string of the molecule is C=CCOC(c1ccccc1)C(C)NCc1ccccc1. The van der Waals surface area contributed by atoms with Gasteiger partial charge >= 0.3 is 0 Å². The van der Waals surface area contributed by atoms with Crippen LogP contribution in [0, 0.1) is 0 Å². The Bertz CT molecular complexity index is 524. The molecule has 110 valence electrons. The number of hydrogen-bond acceptors (Lipinski definition) is 2. The fourth-order valence-corrected chi connectivity index (χ4v) is 2.33. The van der Waals surface area contributed by atoms with Crippen LogP contribution in [0.5, 0.6) is 0 Å². The summed E-state index contributed by atoms with van der Waals surface area (Å²) in [5.41, 5.74) is 2.47. The number of ether oxygens (including phenoxy) is 1. The largest absolute Gasteiger partial charge is 0.368 e. The normalized spacial score (nSPS) is 13.6. The number of benzene rings is 2. The zero-order valence-corrected chi connectivity index (χ0v) is 12.5. The molecule has 0 saturated carbocycles. The van der Waals surface area contributed by atoms with E-state index in [1.165, 1.54) is 11.1 Å². The summed E-state index contributed by atoms with van der Waals surface area (Å²) >= 11 is 0. The van der Waals surface area contributed by atoms with Gasteiger partial charge in [-0.05, 0) is 18.1 Å². The second-order valence-electron chi connectivity index (χ2n) is 5.11. The monoisotopic (exact) mass is 281 g/mol. The summed E-state index contributed by atoms with van der Waals surface area (Å²) in [6.07, 6.45) is 1.81. The first-order valence-corrected chi connectivity index (χ1v) is 7.36. The highest BCUT2D eigenvalue weighted by molar-refractivity contribution is 5.19. The Morgan fingerprint density at radius 1 is 1.05 bits per heavy atom. The van der Waals surface area contributed by atoms with Crippen molar-refractivity contribution < 1.29 is 4.74 Å². The van der Waals surface area contributed by atoms with E-state index in [2.05, 4.69) is 55.2 Å². The van der Waals surface area contributed by atoms with Crippen LogP contribution < -0.4 is 5.32 Å². The first kappa shape index (κ1) is 15.5. The molecule has 21 heavy (non-hydrogen) atoms. The minimum atomic E-state index is 0.0212. The summed E-state index contributed by atoms with van der Waals surface area (Å²) < 4.78 is 5.95. The number of hydrogen-bond donors (Lipinski definition) is 1. The molecule has 0 heterocycles. The third-order valence-electron chi connectivity index (χ3n) is 3.45. The van der Waals surface area contributed by atoms with Gasteiger partial charge in [-0.15, -0.1) is 6.58 Å². The van der Waals surface area contributed by atoms with Gasteiger partial charge in [0.15, 0.2) is 0 Å². The van der Waals surface area contributed by atoms with Crippen molar-refractivity contribution in [2.75, 3.05) is 6.61 Å². The van der Waals surface area contributed by atoms with Crippen molar-refractivity contribution in [3.63, 3.8) is 0 Å². The van der Waals surface area contributed by atoms with Crippen molar-refractivity contribution in [3.8, 4) is 0 Å². The van der Waals surface area contributed by atoms with Gasteiger partial charge in [0.1, 0.15) is 0 Å². The zero-order valence-electron chi connectivity index (χ0n) is 12.5. The van der Waals surface area contributed by atoms with E-state index < -0.39 is 0 Å². The first-order chi connectivity index (χ1) is 10.3. The van der Waals surface area contributed by atoms with Gasteiger partial charge in [-0.1, -0.05) is 66.7 Å². The van der Waals surface area contributed by atoms with Crippen LogP contribution in [0.15, 0.2) is 73.3 Å². The molecule has 0 aliphatic carbocycles. The number of rotatable bonds is 8. The molecule has 2 aromatic rings. The second kappa shape index (κ2) is 8.40. The van der Waals surface area contributed by atoms with Crippen molar-refractivity contribution in [2.24, 2.45) is 0 Å². The molecule has 2 heteroatoms. The summed E-state index contributed by atoms with van der Waals surface area (Å²) in [5.74, 6) is 0. The topological polar surface area (TPSA) is 21.3 Å². The molecular formula is C19H23NO. The maximum atomic E-state index is 5.95.